The molecule has 4 rings (SSSR count). The van der Waals surface area contributed by atoms with Crippen LogP contribution in [0.1, 0.15) is 34.8 Å². The zero-order valence-electron chi connectivity index (χ0n) is 23.0. The fourth-order valence-electron chi connectivity index (χ4n) is 3.92. The van der Waals surface area contributed by atoms with Gasteiger partial charge in [-0.3, -0.25) is 14.4 Å². The molecule has 3 amide bonds. The lowest BCUT2D eigenvalue weighted by molar-refractivity contribution is -0.116. The van der Waals surface area contributed by atoms with Gasteiger partial charge >= 0.3 is 0 Å². The van der Waals surface area contributed by atoms with Gasteiger partial charge in [0.25, 0.3) is 11.8 Å². The number of nitrogens with one attached hydrogen (secondary N) is 3. The maximum Gasteiger partial charge on any atom is 0.272 e. The summed E-state index contributed by atoms with van der Waals surface area (Å²) in [5.41, 5.74) is 2.34. The highest BCUT2D eigenvalue weighted by molar-refractivity contribution is 8.00. The van der Waals surface area contributed by atoms with Crippen molar-refractivity contribution in [3.63, 3.8) is 0 Å². The molecule has 4 aromatic rings. The summed E-state index contributed by atoms with van der Waals surface area (Å²) in [6.45, 7) is 3.81. The molecule has 0 aliphatic heterocycles. The number of benzene rings is 4. The molecule has 1 atom stereocenters. The highest BCUT2D eigenvalue weighted by Gasteiger charge is 2.20. The van der Waals surface area contributed by atoms with Crippen LogP contribution in [-0.4, -0.2) is 23.0 Å². The Bertz CT molecular complexity index is 1630. The topological polar surface area (TPSA) is 87.3 Å². The first-order chi connectivity index (χ1) is 20.2. The van der Waals surface area contributed by atoms with Crippen LogP contribution in [0.15, 0.2) is 108 Å². The first-order valence-corrected chi connectivity index (χ1v) is 14.5. The Morgan fingerprint density at radius 2 is 1.60 bits per heavy atom. The molecule has 0 saturated heterocycles. The monoisotopic (exact) mass is 601 g/mol. The first kappa shape index (κ1) is 30.6. The second-order valence-corrected chi connectivity index (χ2v) is 11.0. The Morgan fingerprint density at radius 1 is 0.881 bits per heavy atom. The number of aryl methyl sites for hydroxylation is 1. The molecule has 0 fully saturated rings. The predicted molar refractivity (Wildman–Crippen MR) is 168 cm³/mol. The van der Waals surface area contributed by atoms with Gasteiger partial charge in [-0.25, -0.2) is 4.39 Å². The lowest BCUT2D eigenvalue weighted by atomic mass is 10.1. The molecule has 0 saturated carbocycles. The van der Waals surface area contributed by atoms with Crippen molar-refractivity contribution in [2.24, 2.45) is 0 Å². The van der Waals surface area contributed by atoms with Crippen LogP contribution in [0.2, 0.25) is 5.02 Å². The van der Waals surface area contributed by atoms with E-state index in [1.165, 1.54) is 36.0 Å². The Balaban J connectivity index is 1.50. The van der Waals surface area contributed by atoms with Crippen molar-refractivity contribution in [3.05, 3.63) is 130 Å². The van der Waals surface area contributed by atoms with E-state index >= 15 is 0 Å². The number of hydrogen-bond donors (Lipinski definition) is 3. The van der Waals surface area contributed by atoms with Gasteiger partial charge in [0.05, 0.1) is 5.25 Å². The maximum absolute atomic E-state index is 14.4. The molecular weight excluding hydrogens is 573 g/mol. The van der Waals surface area contributed by atoms with Crippen molar-refractivity contribution in [3.8, 4) is 0 Å². The minimum absolute atomic E-state index is 0.130. The highest BCUT2D eigenvalue weighted by Crippen LogP contribution is 2.29. The minimum atomic E-state index is -0.634. The number of rotatable bonds is 10. The van der Waals surface area contributed by atoms with Gasteiger partial charge in [-0.15, -0.1) is 11.8 Å². The molecule has 0 spiro atoms. The quantitative estimate of drug-likeness (QED) is 0.128. The molecule has 0 radical (unpaired) electrons. The predicted octanol–water partition coefficient (Wildman–Crippen LogP) is 7.71. The average Bonchev–Trinajstić information content (AvgIpc) is 2.99. The number of halogens is 2. The van der Waals surface area contributed by atoms with Crippen molar-refractivity contribution in [1.82, 2.24) is 5.32 Å². The fraction of sp³-hybridized carbons (Fsp3) is 0.121. The number of amides is 3. The van der Waals surface area contributed by atoms with E-state index in [0.717, 1.165) is 10.5 Å². The van der Waals surface area contributed by atoms with Gasteiger partial charge in [-0.05, 0) is 73.5 Å². The summed E-state index contributed by atoms with van der Waals surface area (Å²) >= 11 is 7.55. The standard InChI is InChI=1S/C33H29ClFN3O3S/c1-3-30(33(41)37-25-17-16-21(2)27(34)20-25)42-26-14-9-13-24(19-26)36-32(40)29(18-23-12-7-8-15-28(23)35)38-31(39)22-10-5-4-6-11-22/h4-20,30H,3H2,1-2H3,(H,36,40)(H,37,41)(H,38,39)/b29-18-. The second kappa shape index (κ2) is 14.5. The summed E-state index contributed by atoms with van der Waals surface area (Å²) < 4.78 is 14.4. The zero-order valence-corrected chi connectivity index (χ0v) is 24.6. The van der Waals surface area contributed by atoms with Crippen LogP contribution in [-0.2, 0) is 9.59 Å². The van der Waals surface area contributed by atoms with E-state index in [-0.39, 0.29) is 17.2 Å². The number of anilines is 2. The number of carbonyl (C=O) groups is 3. The third kappa shape index (κ3) is 8.31. The number of thioether (sulfide) groups is 1. The third-order valence-corrected chi connectivity index (χ3v) is 7.97. The van der Waals surface area contributed by atoms with Crippen LogP contribution in [0.4, 0.5) is 15.8 Å². The lowest BCUT2D eigenvalue weighted by Gasteiger charge is -2.16. The third-order valence-electron chi connectivity index (χ3n) is 6.21. The first-order valence-electron chi connectivity index (χ1n) is 13.2. The van der Waals surface area contributed by atoms with E-state index in [9.17, 15) is 18.8 Å². The number of carbonyl (C=O) groups excluding carboxylic acids is 3. The van der Waals surface area contributed by atoms with Crippen LogP contribution in [0.25, 0.3) is 6.08 Å². The fourth-order valence-corrected chi connectivity index (χ4v) is 5.11. The number of hydrogen-bond acceptors (Lipinski definition) is 4. The zero-order chi connectivity index (χ0) is 30.1. The molecular formula is C33H29ClFN3O3S. The summed E-state index contributed by atoms with van der Waals surface area (Å²) in [4.78, 5) is 39.9. The van der Waals surface area contributed by atoms with Crippen LogP contribution >= 0.6 is 23.4 Å². The summed E-state index contributed by atoms with van der Waals surface area (Å²) in [6, 6.07) is 26.8. The van der Waals surface area contributed by atoms with E-state index < -0.39 is 22.9 Å². The molecule has 42 heavy (non-hydrogen) atoms. The van der Waals surface area contributed by atoms with Crippen molar-refractivity contribution < 1.29 is 18.8 Å². The summed E-state index contributed by atoms with van der Waals surface area (Å²) in [5.74, 6) is -1.85. The summed E-state index contributed by atoms with van der Waals surface area (Å²) in [5, 5.41) is 8.46. The van der Waals surface area contributed by atoms with E-state index in [4.69, 9.17) is 11.6 Å². The van der Waals surface area contributed by atoms with Crippen LogP contribution in [0, 0.1) is 12.7 Å². The van der Waals surface area contributed by atoms with E-state index in [1.807, 2.05) is 26.0 Å². The molecule has 6 nitrogen and oxygen atoms in total. The van der Waals surface area contributed by atoms with Gasteiger partial charge in [-0.1, -0.05) is 67.1 Å². The van der Waals surface area contributed by atoms with Crippen molar-refractivity contribution in [2.75, 3.05) is 10.6 Å². The SMILES string of the molecule is CCC(Sc1cccc(NC(=O)/C(=C/c2ccccc2F)NC(=O)c2ccccc2)c1)C(=O)Nc1ccc(C)c(Cl)c1. The molecule has 214 valence electrons. The van der Waals surface area contributed by atoms with Crippen LogP contribution < -0.4 is 16.0 Å². The summed E-state index contributed by atoms with van der Waals surface area (Å²) in [7, 11) is 0. The normalized spacial score (nSPS) is 11.9. The Labute approximate surface area is 253 Å². The molecule has 3 N–H and O–H groups in total. The second-order valence-electron chi connectivity index (χ2n) is 9.35. The molecule has 0 aliphatic carbocycles. The Morgan fingerprint density at radius 3 is 2.31 bits per heavy atom. The molecule has 0 aliphatic rings. The molecule has 0 heterocycles. The molecule has 0 bridgehead atoms. The van der Waals surface area contributed by atoms with E-state index in [2.05, 4.69) is 16.0 Å². The lowest BCUT2D eigenvalue weighted by Crippen LogP contribution is -2.30. The smallest absolute Gasteiger partial charge is 0.272 e. The molecule has 4 aromatic carbocycles. The van der Waals surface area contributed by atoms with Gasteiger partial charge in [-0.2, -0.15) is 0 Å². The molecule has 0 aromatic heterocycles. The molecule has 9 heteroatoms. The highest BCUT2D eigenvalue weighted by atomic mass is 35.5. The molecule has 1 unspecified atom stereocenters. The van der Waals surface area contributed by atoms with Gasteiger partial charge in [0.1, 0.15) is 11.5 Å². The van der Waals surface area contributed by atoms with Gasteiger partial charge in [0, 0.05) is 32.4 Å². The van der Waals surface area contributed by atoms with Gasteiger partial charge in [0.15, 0.2) is 0 Å². The van der Waals surface area contributed by atoms with E-state index in [1.54, 1.807) is 66.7 Å². The van der Waals surface area contributed by atoms with Crippen LogP contribution in [0.5, 0.6) is 0 Å². The Kier molecular flexibility index (Phi) is 10.5. The van der Waals surface area contributed by atoms with E-state index in [0.29, 0.717) is 28.4 Å². The Hall–Kier alpha value is -4.40. The van der Waals surface area contributed by atoms with Crippen molar-refractivity contribution in [2.45, 2.75) is 30.4 Å². The largest absolute Gasteiger partial charge is 0.325 e. The van der Waals surface area contributed by atoms with Crippen LogP contribution in [0.3, 0.4) is 0 Å². The van der Waals surface area contributed by atoms with Crippen molar-refractivity contribution in [1.29, 1.82) is 0 Å². The summed E-state index contributed by atoms with van der Waals surface area (Å²) in [6.07, 6.45) is 1.85. The average molecular weight is 602 g/mol. The van der Waals surface area contributed by atoms with Gasteiger partial charge in [0.2, 0.25) is 5.91 Å². The van der Waals surface area contributed by atoms with Gasteiger partial charge < -0.3 is 16.0 Å². The maximum atomic E-state index is 14.4. The van der Waals surface area contributed by atoms with Crippen molar-refractivity contribution >= 4 is 58.5 Å². The minimum Gasteiger partial charge on any atom is -0.325 e.